The normalized spacial score (nSPS) is 35.2. The first-order chi connectivity index (χ1) is 16.7. The van der Waals surface area contributed by atoms with E-state index in [0.717, 1.165) is 57.7 Å². The smallest absolute Gasteiger partial charge is 0.379 e. The van der Waals surface area contributed by atoms with Crippen molar-refractivity contribution in [2.24, 2.45) is 17.3 Å². The zero-order valence-corrected chi connectivity index (χ0v) is 20.5. The molecular weight excluding hydrogens is 461 g/mol. The molecule has 1 amide bonds. The number of anilines is 1. The van der Waals surface area contributed by atoms with E-state index in [9.17, 15) is 18.0 Å². The van der Waals surface area contributed by atoms with Gasteiger partial charge in [0.2, 0.25) is 11.7 Å². The van der Waals surface area contributed by atoms with Crippen molar-refractivity contribution in [2.45, 2.75) is 76.2 Å². The van der Waals surface area contributed by atoms with Gasteiger partial charge in [0.15, 0.2) is 0 Å². The average Bonchev–Trinajstić information content (AvgIpc) is 3.58. The summed E-state index contributed by atoms with van der Waals surface area (Å²) in [6, 6.07) is 1.55. The Bertz CT molecular complexity index is 931. The highest BCUT2D eigenvalue weighted by Gasteiger charge is 2.53. The number of piperazine rings is 1. The Morgan fingerprint density at radius 3 is 2.80 bits per heavy atom. The number of rotatable bonds is 6. The van der Waals surface area contributed by atoms with E-state index in [1.165, 1.54) is 6.07 Å². The molecule has 2 bridgehead atoms. The molecule has 7 nitrogen and oxygen atoms in total. The molecule has 6 atom stereocenters. The predicted octanol–water partition coefficient (Wildman–Crippen LogP) is 3.92. The number of hydrogen-bond acceptors (Lipinski definition) is 6. The number of hydrogen-bond donors (Lipinski definition) is 0. The number of ether oxygens (including phenoxy) is 2. The number of amides is 1. The van der Waals surface area contributed by atoms with E-state index in [2.05, 4.69) is 16.9 Å². The summed E-state index contributed by atoms with van der Waals surface area (Å²) in [4.78, 5) is 24.9. The molecule has 0 N–H and O–H groups in total. The summed E-state index contributed by atoms with van der Waals surface area (Å²) in [7, 11) is 1.75. The van der Waals surface area contributed by atoms with Crippen molar-refractivity contribution in [3.63, 3.8) is 0 Å². The van der Waals surface area contributed by atoms with Crippen molar-refractivity contribution in [1.29, 1.82) is 0 Å². The molecule has 3 aliphatic heterocycles. The molecule has 1 aromatic heterocycles. The minimum atomic E-state index is -4.57. The summed E-state index contributed by atoms with van der Waals surface area (Å²) >= 11 is 0. The largest absolute Gasteiger partial charge is 0.451 e. The maximum absolute atomic E-state index is 13.9. The van der Waals surface area contributed by atoms with Gasteiger partial charge in [-0.1, -0.05) is 6.92 Å². The van der Waals surface area contributed by atoms with Crippen molar-refractivity contribution in [1.82, 2.24) is 14.9 Å². The molecule has 4 fully saturated rings. The highest BCUT2D eigenvalue weighted by molar-refractivity contribution is 5.84. The lowest BCUT2D eigenvalue weighted by atomic mass is 9.79. The molecule has 5 rings (SSSR count). The van der Waals surface area contributed by atoms with Crippen LogP contribution >= 0.6 is 0 Å². The lowest BCUT2D eigenvalue weighted by Crippen LogP contribution is -2.53. The average molecular weight is 497 g/mol. The van der Waals surface area contributed by atoms with Crippen LogP contribution in [0.25, 0.3) is 0 Å². The van der Waals surface area contributed by atoms with Crippen molar-refractivity contribution in [2.75, 3.05) is 38.3 Å². The van der Waals surface area contributed by atoms with Crippen molar-refractivity contribution in [3.05, 3.63) is 18.1 Å². The van der Waals surface area contributed by atoms with Gasteiger partial charge in [0.1, 0.15) is 5.82 Å². The topological polar surface area (TPSA) is 67.8 Å². The number of fused-ring (bicyclic) bond motifs is 2. The highest BCUT2D eigenvalue weighted by Crippen LogP contribution is 2.50. The third kappa shape index (κ3) is 4.63. The molecule has 0 radical (unpaired) electrons. The Kier molecular flexibility index (Phi) is 6.72. The first kappa shape index (κ1) is 24.7. The Balaban J connectivity index is 1.23. The van der Waals surface area contributed by atoms with Crippen LogP contribution in [0.4, 0.5) is 19.0 Å². The summed E-state index contributed by atoms with van der Waals surface area (Å²) in [5.41, 5.74) is -0.327. The zero-order valence-electron chi connectivity index (χ0n) is 20.5. The first-order valence-electron chi connectivity index (χ1n) is 12.8. The summed E-state index contributed by atoms with van der Waals surface area (Å²) in [6.45, 7) is 4.61. The number of likely N-dealkylation sites (tertiary alicyclic amines) is 1. The second-order valence-corrected chi connectivity index (χ2v) is 10.8. The number of nitrogens with zero attached hydrogens (tertiary/aromatic N) is 4. The molecule has 35 heavy (non-hydrogen) atoms. The maximum Gasteiger partial charge on any atom is 0.451 e. The molecule has 1 aliphatic carbocycles. The Morgan fingerprint density at radius 2 is 2.11 bits per heavy atom. The number of methoxy groups -OCH3 is 1. The molecule has 0 unspecified atom stereocenters. The summed E-state index contributed by atoms with van der Waals surface area (Å²) in [6.07, 6.45) is 3.29. The Hall–Kier alpha value is -1.94. The van der Waals surface area contributed by atoms with Crippen LogP contribution in [0.5, 0.6) is 0 Å². The fourth-order valence-electron chi connectivity index (χ4n) is 6.97. The van der Waals surface area contributed by atoms with Crippen LogP contribution in [0.1, 0.15) is 57.7 Å². The van der Waals surface area contributed by atoms with Gasteiger partial charge in [0.05, 0.1) is 24.8 Å². The van der Waals surface area contributed by atoms with Gasteiger partial charge in [-0.25, -0.2) is 9.97 Å². The molecule has 0 aromatic carbocycles. The molecule has 4 heterocycles. The molecular formula is C25H35F3N4O3. The Labute approximate surface area is 204 Å². The molecule has 4 aliphatic rings. The summed E-state index contributed by atoms with van der Waals surface area (Å²) < 4.78 is 50.5. The molecule has 0 spiro atoms. The number of carbonyl (C=O) groups is 1. The van der Waals surface area contributed by atoms with E-state index in [0.29, 0.717) is 37.4 Å². The number of halogens is 3. The van der Waals surface area contributed by atoms with Crippen LogP contribution in [-0.2, 0) is 20.4 Å². The molecule has 194 valence electrons. The highest BCUT2D eigenvalue weighted by atomic mass is 19.4. The number of carbonyl (C=O) groups excluding carboxylic acids is 1. The minimum Gasteiger partial charge on any atom is -0.379 e. The van der Waals surface area contributed by atoms with Crippen LogP contribution < -0.4 is 4.90 Å². The first-order valence-corrected chi connectivity index (χ1v) is 12.8. The van der Waals surface area contributed by atoms with Gasteiger partial charge in [0.25, 0.3) is 0 Å². The lowest BCUT2D eigenvalue weighted by Gasteiger charge is -2.40. The maximum atomic E-state index is 13.9. The molecule has 10 heteroatoms. The SMILES string of the molecule is CC[C@]1(C(=O)N2C[C@@H]3C[C@H]2CN3c2ccnc(C(F)(F)F)n2)CC[C@@H](C[C@H]2CCOC[C@H]2OC)C1. The van der Waals surface area contributed by atoms with Crippen LogP contribution in [0.2, 0.25) is 0 Å². The van der Waals surface area contributed by atoms with E-state index in [1.54, 1.807) is 7.11 Å². The van der Waals surface area contributed by atoms with Crippen LogP contribution in [-0.4, -0.2) is 72.4 Å². The fraction of sp³-hybridized carbons (Fsp3) is 0.800. The van der Waals surface area contributed by atoms with Gasteiger partial charge in [0, 0.05) is 38.4 Å². The van der Waals surface area contributed by atoms with Crippen molar-refractivity contribution >= 4 is 11.7 Å². The monoisotopic (exact) mass is 496 g/mol. The van der Waals surface area contributed by atoms with Gasteiger partial charge in [-0.2, -0.15) is 13.2 Å². The number of alkyl halides is 3. The predicted molar refractivity (Wildman–Crippen MR) is 123 cm³/mol. The molecule has 1 saturated carbocycles. The van der Waals surface area contributed by atoms with E-state index in [4.69, 9.17) is 9.47 Å². The summed E-state index contributed by atoms with van der Waals surface area (Å²) in [5, 5.41) is 0. The molecule has 3 saturated heterocycles. The molecule has 1 aromatic rings. The summed E-state index contributed by atoms with van der Waals surface area (Å²) in [5.74, 6) is 0.406. The van der Waals surface area contributed by atoms with E-state index < -0.39 is 12.0 Å². The van der Waals surface area contributed by atoms with Crippen molar-refractivity contribution in [3.8, 4) is 0 Å². The Morgan fingerprint density at radius 1 is 1.29 bits per heavy atom. The van der Waals surface area contributed by atoms with Gasteiger partial charge in [-0.3, -0.25) is 4.79 Å². The standard InChI is InChI=1S/C25H35F3N4O3/c1-3-24(7-4-16(12-24)10-17-6-9-35-15-20(17)34-2)23(33)32-14-18-11-19(32)13-31(18)21-5-8-29-22(30-21)25(26,27)28/h5,8,16-20H,3-4,6-7,9-15H2,1-2H3/t16-,17+,18-,19-,20+,24-/m0/s1. The number of aromatic nitrogens is 2. The zero-order chi connectivity index (χ0) is 24.8. The fourth-order valence-corrected chi connectivity index (χ4v) is 6.97. The second kappa shape index (κ2) is 9.50. The van der Waals surface area contributed by atoms with Crippen LogP contribution in [0.15, 0.2) is 12.3 Å². The van der Waals surface area contributed by atoms with Crippen LogP contribution in [0, 0.1) is 17.3 Å². The van der Waals surface area contributed by atoms with Crippen LogP contribution in [0.3, 0.4) is 0 Å². The third-order valence-electron chi connectivity index (χ3n) is 8.91. The van der Waals surface area contributed by atoms with Gasteiger partial charge >= 0.3 is 6.18 Å². The van der Waals surface area contributed by atoms with Gasteiger partial charge in [-0.05, 0) is 62.8 Å². The van der Waals surface area contributed by atoms with E-state index in [-0.39, 0.29) is 29.5 Å². The second-order valence-electron chi connectivity index (χ2n) is 10.8. The van der Waals surface area contributed by atoms with Gasteiger partial charge in [-0.15, -0.1) is 0 Å². The van der Waals surface area contributed by atoms with Gasteiger partial charge < -0.3 is 19.3 Å². The van der Waals surface area contributed by atoms with E-state index in [1.807, 2.05) is 9.80 Å². The quantitative estimate of drug-likeness (QED) is 0.595. The van der Waals surface area contributed by atoms with E-state index >= 15 is 0 Å². The third-order valence-corrected chi connectivity index (χ3v) is 8.91. The lowest BCUT2D eigenvalue weighted by molar-refractivity contribution is -0.145. The minimum absolute atomic E-state index is 0.00394. The van der Waals surface area contributed by atoms with Crippen molar-refractivity contribution < 1.29 is 27.4 Å².